The Morgan fingerprint density at radius 2 is 2.00 bits per heavy atom. The molecule has 1 N–H and O–H groups in total. The van der Waals surface area contributed by atoms with Crippen molar-refractivity contribution in [1.82, 2.24) is 10.2 Å². The highest BCUT2D eigenvalue weighted by atomic mass is 16.2. The lowest BCUT2D eigenvalue weighted by Crippen LogP contribution is -2.41. The van der Waals surface area contributed by atoms with Gasteiger partial charge in [-0.15, -0.1) is 0 Å². The molecule has 0 aromatic rings. The van der Waals surface area contributed by atoms with E-state index in [1.807, 2.05) is 18.7 Å². The standard InChI is InChI=1S/C12H21N3O/c1-10(2)14-11(9-13)8-12(16)15-6-4-3-5-7-15/h10-11,14H,3-8H2,1-2H3. The van der Waals surface area contributed by atoms with Gasteiger partial charge in [-0.25, -0.2) is 0 Å². The van der Waals surface area contributed by atoms with Crippen LogP contribution in [0.5, 0.6) is 0 Å². The molecule has 1 fully saturated rings. The van der Waals surface area contributed by atoms with Crippen LogP contribution >= 0.6 is 0 Å². The van der Waals surface area contributed by atoms with Crippen molar-refractivity contribution < 1.29 is 4.79 Å². The summed E-state index contributed by atoms with van der Waals surface area (Å²) in [4.78, 5) is 13.8. The minimum atomic E-state index is -0.352. The largest absolute Gasteiger partial charge is 0.343 e. The first-order chi connectivity index (χ1) is 7.63. The molecule has 4 nitrogen and oxygen atoms in total. The van der Waals surface area contributed by atoms with Crippen LogP contribution in [0.4, 0.5) is 0 Å². The average molecular weight is 223 g/mol. The van der Waals surface area contributed by atoms with Gasteiger partial charge in [0.2, 0.25) is 5.91 Å². The molecule has 90 valence electrons. The van der Waals surface area contributed by atoms with Gasteiger partial charge in [-0.3, -0.25) is 10.1 Å². The first-order valence-corrected chi connectivity index (χ1v) is 6.07. The maximum Gasteiger partial charge on any atom is 0.225 e. The third-order valence-electron chi connectivity index (χ3n) is 2.78. The molecule has 0 saturated carbocycles. The molecule has 0 aromatic carbocycles. The van der Waals surface area contributed by atoms with Crippen LogP contribution < -0.4 is 5.32 Å². The van der Waals surface area contributed by atoms with E-state index in [1.54, 1.807) is 0 Å². The van der Waals surface area contributed by atoms with E-state index < -0.39 is 0 Å². The van der Waals surface area contributed by atoms with Gasteiger partial charge in [-0.05, 0) is 33.1 Å². The summed E-state index contributed by atoms with van der Waals surface area (Å²) in [7, 11) is 0. The molecule has 1 aliphatic rings. The predicted octanol–water partition coefficient (Wildman–Crippen LogP) is 1.28. The summed E-state index contributed by atoms with van der Waals surface area (Å²) in [5.41, 5.74) is 0. The van der Waals surface area contributed by atoms with Crippen LogP contribution in [-0.2, 0) is 4.79 Å². The maximum atomic E-state index is 11.9. The predicted molar refractivity (Wildman–Crippen MR) is 62.7 cm³/mol. The monoisotopic (exact) mass is 223 g/mol. The van der Waals surface area contributed by atoms with Crippen LogP contribution in [0.3, 0.4) is 0 Å². The Morgan fingerprint density at radius 3 is 2.50 bits per heavy atom. The molecule has 1 rings (SSSR count). The van der Waals surface area contributed by atoms with E-state index in [0.717, 1.165) is 25.9 Å². The van der Waals surface area contributed by atoms with Gasteiger partial charge in [0.25, 0.3) is 0 Å². The van der Waals surface area contributed by atoms with Crippen LogP contribution in [0.15, 0.2) is 0 Å². The van der Waals surface area contributed by atoms with E-state index in [-0.39, 0.29) is 18.0 Å². The lowest BCUT2D eigenvalue weighted by atomic mass is 10.1. The Kier molecular flexibility index (Phi) is 5.27. The van der Waals surface area contributed by atoms with Gasteiger partial charge >= 0.3 is 0 Å². The van der Waals surface area contributed by atoms with Gasteiger partial charge < -0.3 is 4.90 Å². The second kappa shape index (κ2) is 6.49. The van der Waals surface area contributed by atoms with Crippen molar-refractivity contribution in [3.8, 4) is 6.07 Å². The molecule has 1 atom stereocenters. The number of carbonyl (C=O) groups excluding carboxylic acids is 1. The molecule has 1 amide bonds. The van der Waals surface area contributed by atoms with Crippen molar-refractivity contribution in [2.45, 2.75) is 51.6 Å². The first-order valence-electron chi connectivity index (χ1n) is 6.07. The van der Waals surface area contributed by atoms with E-state index in [2.05, 4.69) is 11.4 Å². The zero-order valence-corrected chi connectivity index (χ0v) is 10.2. The van der Waals surface area contributed by atoms with Gasteiger partial charge in [0.1, 0.15) is 6.04 Å². The summed E-state index contributed by atoms with van der Waals surface area (Å²) >= 11 is 0. The lowest BCUT2D eigenvalue weighted by molar-refractivity contribution is -0.132. The molecule has 1 saturated heterocycles. The highest BCUT2D eigenvalue weighted by molar-refractivity contribution is 5.77. The number of nitrogens with zero attached hydrogens (tertiary/aromatic N) is 2. The highest BCUT2D eigenvalue weighted by Gasteiger charge is 2.20. The van der Waals surface area contributed by atoms with Gasteiger partial charge in [-0.1, -0.05) is 0 Å². The molecule has 0 radical (unpaired) electrons. The Morgan fingerprint density at radius 1 is 1.38 bits per heavy atom. The molecule has 1 unspecified atom stereocenters. The van der Waals surface area contributed by atoms with E-state index in [4.69, 9.17) is 5.26 Å². The van der Waals surface area contributed by atoms with Crippen LogP contribution in [0.1, 0.15) is 39.5 Å². The second-order valence-electron chi connectivity index (χ2n) is 4.65. The smallest absolute Gasteiger partial charge is 0.225 e. The number of nitriles is 1. The molecule has 1 aliphatic heterocycles. The van der Waals surface area contributed by atoms with Crippen LogP contribution in [0.25, 0.3) is 0 Å². The Labute approximate surface area is 97.6 Å². The number of rotatable bonds is 4. The molecule has 1 heterocycles. The number of nitrogens with one attached hydrogen (secondary N) is 1. The normalized spacial score (nSPS) is 18.2. The third kappa shape index (κ3) is 4.19. The van der Waals surface area contributed by atoms with Crippen LogP contribution in [-0.4, -0.2) is 36.0 Å². The van der Waals surface area contributed by atoms with Crippen molar-refractivity contribution in [2.75, 3.05) is 13.1 Å². The van der Waals surface area contributed by atoms with Crippen LogP contribution in [0, 0.1) is 11.3 Å². The number of piperidine rings is 1. The summed E-state index contributed by atoms with van der Waals surface area (Å²) in [6.07, 6.45) is 3.71. The van der Waals surface area contributed by atoms with E-state index in [0.29, 0.717) is 6.42 Å². The van der Waals surface area contributed by atoms with Crippen molar-refractivity contribution in [2.24, 2.45) is 0 Å². The highest BCUT2D eigenvalue weighted by Crippen LogP contribution is 2.10. The molecule has 16 heavy (non-hydrogen) atoms. The number of hydrogen-bond donors (Lipinski definition) is 1. The van der Waals surface area contributed by atoms with Crippen molar-refractivity contribution in [1.29, 1.82) is 5.26 Å². The van der Waals surface area contributed by atoms with E-state index in [1.165, 1.54) is 6.42 Å². The Bertz CT molecular complexity index is 264. The molecule has 0 aliphatic carbocycles. The summed E-state index contributed by atoms with van der Waals surface area (Å²) in [5, 5.41) is 12.0. The average Bonchev–Trinajstić information content (AvgIpc) is 2.28. The SMILES string of the molecule is CC(C)NC(C#N)CC(=O)N1CCCCC1. The number of likely N-dealkylation sites (tertiary alicyclic amines) is 1. The van der Waals surface area contributed by atoms with Gasteiger partial charge in [0, 0.05) is 19.1 Å². The topological polar surface area (TPSA) is 56.1 Å². The summed E-state index contributed by atoms with van der Waals surface area (Å²) in [5.74, 6) is 0.111. The molecule has 0 bridgehead atoms. The Hall–Kier alpha value is -1.08. The van der Waals surface area contributed by atoms with Crippen molar-refractivity contribution in [3.05, 3.63) is 0 Å². The summed E-state index contributed by atoms with van der Waals surface area (Å²) in [6.45, 7) is 5.68. The molecular formula is C12H21N3O. The maximum absolute atomic E-state index is 11.9. The third-order valence-corrected chi connectivity index (χ3v) is 2.78. The minimum absolute atomic E-state index is 0.111. The van der Waals surface area contributed by atoms with Gasteiger partial charge in [-0.2, -0.15) is 5.26 Å². The van der Waals surface area contributed by atoms with Crippen molar-refractivity contribution >= 4 is 5.91 Å². The number of hydrogen-bond acceptors (Lipinski definition) is 3. The molecule has 4 heteroatoms. The first kappa shape index (κ1) is 13.0. The zero-order valence-electron chi connectivity index (χ0n) is 10.2. The molecular weight excluding hydrogens is 202 g/mol. The van der Waals surface area contributed by atoms with E-state index in [9.17, 15) is 4.79 Å². The lowest BCUT2D eigenvalue weighted by Gasteiger charge is -2.27. The number of amides is 1. The summed E-state index contributed by atoms with van der Waals surface area (Å²) in [6, 6.07) is 2.03. The molecule has 0 spiro atoms. The fraction of sp³-hybridized carbons (Fsp3) is 0.833. The number of carbonyl (C=O) groups is 1. The van der Waals surface area contributed by atoms with Crippen molar-refractivity contribution in [3.63, 3.8) is 0 Å². The summed E-state index contributed by atoms with van der Waals surface area (Å²) < 4.78 is 0. The van der Waals surface area contributed by atoms with E-state index >= 15 is 0 Å². The quantitative estimate of drug-likeness (QED) is 0.781. The zero-order chi connectivity index (χ0) is 12.0. The fourth-order valence-electron chi connectivity index (χ4n) is 1.99. The van der Waals surface area contributed by atoms with Gasteiger partial charge in [0.15, 0.2) is 0 Å². The van der Waals surface area contributed by atoms with Crippen LogP contribution in [0.2, 0.25) is 0 Å². The minimum Gasteiger partial charge on any atom is -0.343 e. The fourth-order valence-corrected chi connectivity index (χ4v) is 1.99. The molecule has 0 aromatic heterocycles. The van der Waals surface area contributed by atoms with Gasteiger partial charge in [0.05, 0.1) is 12.5 Å². The Balaban J connectivity index is 2.39. The second-order valence-corrected chi connectivity index (χ2v) is 4.65.